The van der Waals surface area contributed by atoms with E-state index in [0.717, 1.165) is 18.4 Å². The fourth-order valence-electron chi connectivity index (χ4n) is 3.66. The van der Waals surface area contributed by atoms with Crippen molar-refractivity contribution in [3.8, 4) is 0 Å². The smallest absolute Gasteiger partial charge is 0.0196 e. The quantitative estimate of drug-likeness (QED) is 0.816. The molecule has 1 aliphatic heterocycles. The summed E-state index contributed by atoms with van der Waals surface area (Å²) < 4.78 is 0. The molecule has 17 heavy (non-hydrogen) atoms. The zero-order valence-electron chi connectivity index (χ0n) is 11.5. The van der Waals surface area contributed by atoms with Gasteiger partial charge in [-0.2, -0.15) is 0 Å². The van der Waals surface area contributed by atoms with Gasteiger partial charge < -0.3 is 10.6 Å². The fraction of sp³-hybridized carbons (Fsp3) is 1.00. The van der Waals surface area contributed by atoms with E-state index < -0.39 is 0 Å². The van der Waals surface area contributed by atoms with Gasteiger partial charge in [-0.1, -0.05) is 32.6 Å². The van der Waals surface area contributed by atoms with Crippen LogP contribution in [0, 0.1) is 11.8 Å². The van der Waals surface area contributed by atoms with Crippen LogP contribution in [0.1, 0.15) is 58.3 Å². The number of hydrogen-bond acceptors (Lipinski definition) is 2. The second-order valence-electron chi connectivity index (χ2n) is 6.24. The molecule has 1 heterocycles. The van der Waals surface area contributed by atoms with E-state index in [1.54, 1.807) is 0 Å². The van der Waals surface area contributed by atoms with E-state index in [1.807, 2.05) is 0 Å². The van der Waals surface area contributed by atoms with Gasteiger partial charge in [0.25, 0.3) is 0 Å². The van der Waals surface area contributed by atoms with Crippen LogP contribution >= 0.6 is 0 Å². The minimum atomic E-state index is 0.436. The minimum Gasteiger partial charge on any atom is -0.326 e. The summed E-state index contributed by atoms with van der Waals surface area (Å²) in [6.07, 6.45) is 11.2. The first kappa shape index (κ1) is 13.4. The predicted molar refractivity (Wildman–Crippen MR) is 74.0 cm³/mol. The van der Waals surface area contributed by atoms with E-state index in [0.29, 0.717) is 6.04 Å². The predicted octanol–water partition coefficient (Wildman–Crippen LogP) is 3.02. The highest BCUT2D eigenvalue weighted by atomic mass is 15.1. The van der Waals surface area contributed by atoms with Crippen molar-refractivity contribution in [2.75, 3.05) is 19.6 Å². The average Bonchev–Trinajstić information content (AvgIpc) is 2.40. The normalized spacial score (nSPS) is 30.4. The van der Waals surface area contributed by atoms with Crippen molar-refractivity contribution in [2.45, 2.75) is 64.3 Å². The Balaban J connectivity index is 1.74. The summed E-state index contributed by atoms with van der Waals surface area (Å²) in [6.45, 7) is 6.07. The molecule has 1 saturated heterocycles. The van der Waals surface area contributed by atoms with Crippen molar-refractivity contribution in [1.82, 2.24) is 4.90 Å². The topological polar surface area (TPSA) is 29.3 Å². The first-order chi connectivity index (χ1) is 8.29. The van der Waals surface area contributed by atoms with Crippen LogP contribution < -0.4 is 5.73 Å². The Bertz CT molecular complexity index is 211. The summed E-state index contributed by atoms with van der Waals surface area (Å²) >= 11 is 0. The number of nitrogens with zero attached hydrogens (tertiary/aromatic N) is 1. The molecule has 100 valence electrons. The van der Waals surface area contributed by atoms with Gasteiger partial charge in [-0.3, -0.25) is 0 Å². The highest BCUT2D eigenvalue weighted by molar-refractivity contribution is 4.81. The number of nitrogens with two attached hydrogens (primary N) is 1. The van der Waals surface area contributed by atoms with Crippen LogP contribution in [0.4, 0.5) is 0 Å². The summed E-state index contributed by atoms with van der Waals surface area (Å²) in [6, 6.07) is 0.436. The third kappa shape index (κ3) is 3.96. The fourth-order valence-corrected chi connectivity index (χ4v) is 3.66. The molecule has 1 aliphatic carbocycles. The lowest BCUT2D eigenvalue weighted by atomic mass is 9.83. The van der Waals surface area contributed by atoms with Crippen LogP contribution in [-0.4, -0.2) is 30.6 Å². The Morgan fingerprint density at radius 3 is 2.59 bits per heavy atom. The summed E-state index contributed by atoms with van der Waals surface area (Å²) in [5.74, 6) is 1.74. The van der Waals surface area contributed by atoms with Crippen molar-refractivity contribution < 1.29 is 0 Å². The Labute approximate surface area is 107 Å². The standard InChI is InChI=1S/C15H30N2/c1-2-13-7-6-10-17(11-13)12-15(16)14-8-4-3-5-9-14/h13-15H,2-12,16H2,1H3. The van der Waals surface area contributed by atoms with E-state index in [-0.39, 0.29) is 0 Å². The van der Waals surface area contributed by atoms with Gasteiger partial charge in [0.05, 0.1) is 0 Å². The lowest BCUT2D eigenvalue weighted by Crippen LogP contribution is -2.46. The highest BCUT2D eigenvalue weighted by Gasteiger charge is 2.25. The molecule has 2 rings (SSSR count). The first-order valence-corrected chi connectivity index (χ1v) is 7.77. The van der Waals surface area contributed by atoms with Gasteiger partial charge in [0.15, 0.2) is 0 Å². The largest absolute Gasteiger partial charge is 0.326 e. The average molecular weight is 238 g/mol. The third-order valence-corrected chi connectivity index (χ3v) is 4.90. The zero-order valence-corrected chi connectivity index (χ0v) is 11.5. The van der Waals surface area contributed by atoms with E-state index in [1.165, 1.54) is 64.5 Å². The second-order valence-corrected chi connectivity index (χ2v) is 6.24. The van der Waals surface area contributed by atoms with E-state index >= 15 is 0 Å². The molecule has 2 heteroatoms. The van der Waals surface area contributed by atoms with Crippen molar-refractivity contribution in [3.05, 3.63) is 0 Å². The van der Waals surface area contributed by atoms with Crippen LogP contribution in [0.15, 0.2) is 0 Å². The molecule has 0 aromatic heterocycles. The Hall–Kier alpha value is -0.0800. The van der Waals surface area contributed by atoms with Crippen LogP contribution in [0.25, 0.3) is 0 Å². The molecule has 0 radical (unpaired) electrons. The van der Waals surface area contributed by atoms with Crippen molar-refractivity contribution >= 4 is 0 Å². The van der Waals surface area contributed by atoms with Gasteiger partial charge in [0.1, 0.15) is 0 Å². The summed E-state index contributed by atoms with van der Waals surface area (Å²) in [5, 5.41) is 0. The van der Waals surface area contributed by atoms with Crippen molar-refractivity contribution in [1.29, 1.82) is 0 Å². The maximum atomic E-state index is 6.42. The van der Waals surface area contributed by atoms with Gasteiger partial charge >= 0.3 is 0 Å². The third-order valence-electron chi connectivity index (χ3n) is 4.90. The molecule has 2 N–H and O–H groups in total. The van der Waals surface area contributed by atoms with Crippen LogP contribution in [0.5, 0.6) is 0 Å². The van der Waals surface area contributed by atoms with Crippen molar-refractivity contribution in [2.24, 2.45) is 17.6 Å². The molecule has 2 fully saturated rings. The Kier molecular flexibility index (Phi) is 5.30. The molecule has 2 unspecified atom stereocenters. The second kappa shape index (κ2) is 6.75. The first-order valence-electron chi connectivity index (χ1n) is 7.77. The van der Waals surface area contributed by atoms with Crippen LogP contribution in [0.2, 0.25) is 0 Å². The molecule has 0 aromatic rings. The lowest BCUT2D eigenvalue weighted by Gasteiger charge is -2.36. The molecular formula is C15H30N2. The number of hydrogen-bond donors (Lipinski definition) is 1. The number of likely N-dealkylation sites (tertiary alicyclic amines) is 1. The Morgan fingerprint density at radius 1 is 1.12 bits per heavy atom. The molecular weight excluding hydrogens is 208 g/mol. The molecule has 0 aromatic carbocycles. The maximum absolute atomic E-state index is 6.42. The van der Waals surface area contributed by atoms with Gasteiger partial charge in [-0.25, -0.2) is 0 Å². The van der Waals surface area contributed by atoms with Gasteiger partial charge in [-0.15, -0.1) is 0 Å². The molecule has 0 bridgehead atoms. The van der Waals surface area contributed by atoms with Crippen molar-refractivity contribution in [3.63, 3.8) is 0 Å². The highest BCUT2D eigenvalue weighted by Crippen LogP contribution is 2.27. The van der Waals surface area contributed by atoms with E-state index in [4.69, 9.17) is 5.73 Å². The minimum absolute atomic E-state index is 0.436. The molecule has 0 spiro atoms. The zero-order chi connectivity index (χ0) is 12.1. The lowest BCUT2D eigenvalue weighted by molar-refractivity contribution is 0.143. The molecule has 1 saturated carbocycles. The number of piperidine rings is 1. The van der Waals surface area contributed by atoms with Gasteiger partial charge in [-0.05, 0) is 44.1 Å². The molecule has 2 aliphatic rings. The summed E-state index contributed by atoms with van der Waals surface area (Å²) in [7, 11) is 0. The maximum Gasteiger partial charge on any atom is 0.0196 e. The summed E-state index contributed by atoms with van der Waals surface area (Å²) in [5.41, 5.74) is 6.42. The van der Waals surface area contributed by atoms with Crippen LogP contribution in [-0.2, 0) is 0 Å². The van der Waals surface area contributed by atoms with Gasteiger partial charge in [0, 0.05) is 19.1 Å². The monoisotopic (exact) mass is 238 g/mol. The van der Waals surface area contributed by atoms with E-state index in [2.05, 4.69) is 11.8 Å². The van der Waals surface area contributed by atoms with Gasteiger partial charge in [0.2, 0.25) is 0 Å². The Morgan fingerprint density at radius 2 is 1.88 bits per heavy atom. The number of rotatable bonds is 4. The van der Waals surface area contributed by atoms with Crippen LogP contribution in [0.3, 0.4) is 0 Å². The molecule has 2 atom stereocenters. The summed E-state index contributed by atoms with van der Waals surface area (Å²) in [4.78, 5) is 2.64. The molecule has 2 nitrogen and oxygen atoms in total. The van der Waals surface area contributed by atoms with E-state index in [9.17, 15) is 0 Å². The SMILES string of the molecule is CCC1CCCN(CC(N)C2CCCCC2)C1. The molecule has 0 amide bonds.